The molecule has 0 fully saturated rings. The van der Waals surface area contributed by atoms with Crippen LogP contribution in [0.5, 0.6) is 0 Å². The van der Waals surface area contributed by atoms with Crippen molar-refractivity contribution in [2.45, 2.75) is 13.5 Å². The van der Waals surface area contributed by atoms with Gasteiger partial charge in [-0.15, -0.1) is 0 Å². The van der Waals surface area contributed by atoms with Crippen molar-refractivity contribution in [3.05, 3.63) is 58.4 Å². The highest BCUT2D eigenvalue weighted by molar-refractivity contribution is 6.31. The number of aryl methyl sites for hydroxylation is 1. The first-order chi connectivity index (χ1) is 7.69. The zero-order valence-electron chi connectivity index (χ0n) is 8.98. The lowest BCUT2D eigenvalue weighted by molar-refractivity contribution is 0.112. The Morgan fingerprint density at radius 1 is 1.38 bits per heavy atom. The van der Waals surface area contributed by atoms with Gasteiger partial charge in [-0.3, -0.25) is 4.79 Å². The molecular formula is C13H12ClNO. The third-order valence-corrected chi connectivity index (χ3v) is 2.82. The van der Waals surface area contributed by atoms with Crippen molar-refractivity contribution in [3.63, 3.8) is 0 Å². The van der Waals surface area contributed by atoms with Crippen LogP contribution in [0.2, 0.25) is 5.02 Å². The minimum Gasteiger partial charge on any atom is -0.349 e. The Kier molecular flexibility index (Phi) is 3.11. The van der Waals surface area contributed by atoms with Gasteiger partial charge in [-0.25, -0.2) is 0 Å². The number of aldehydes is 1. The van der Waals surface area contributed by atoms with Crippen molar-refractivity contribution < 1.29 is 4.79 Å². The summed E-state index contributed by atoms with van der Waals surface area (Å²) in [5.74, 6) is 0. The van der Waals surface area contributed by atoms with Crippen LogP contribution in [0.15, 0.2) is 36.7 Å². The largest absolute Gasteiger partial charge is 0.349 e. The molecule has 0 unspecified atom stereocenters. The maximum absolute atomic E-state index is 10.5. The Hall–Kier alpha value is -1.54. The predicted molar refractivity (Wildman–Crippen MR) is 65.1 cm³/mol. The van der Waals surface area contributed by atoms with Crippen LogP contribution in [0.25, 0.3) is 0 Å². The normalized spacial score (nSPS) is 10.4. The smallest absolute Gasteiger partial charge is 0.151 e. The van der Waals surface area contributed by atoms with Crippen molar-refractivity contribution >= 4 is 17.9 Å². The second-order valence-electron chi connectivity index (χ2n) is 3.83. The van der Waals surface area contributed by atoms with E-state index in [2.05, 4.69) is 0 Å². The molecule has 1 heterocycles. The summed E-state index contributed by atoms with van der Waals surface area (Å²) >= 11 is 6.14. The highest BCUT2D eigenvalue weighted by Gasteiger charge is 2.02. The van der Waals surface area contributed by atoms with E-state index in [-0.39, 0.29) is 0 Å². The summed E-state index contributed by atoms with van der Waals surface area (Å²) in [6.07, 6.45) is 4.52. The van der Waals surface area contributed by atoms with Gasteiger partial charge in [0.2, 0.25) is 0 Å². The Labute approximate surface area is 99.5 Å². The van der Waals surface area contributed by atoms with Gasteiger partial charge in [0.25, 0.3) is 0 Å². The Morgan fingerprint density at radius 2 is 2.19 bits per heavy atom. The molecule has 0 saturated heterocycles. The van der Waals surface area contributed by atoms with Gasteiger partial charge in [-0.2, -0.15) is 0 Å². The number of carbonyl (C=O) groups is 1. The fraction of sp³-hybridized carbons (Fsp3) is 0.154. The fourth-order valence-electron chi connectivity index (χ4n) is 1.60. The Morgan fingerprint density at radius 3 is 2.81 bits per heavy atom. The second-order valence-corrected chi connectivity index (χ2v) is 4.24. The highest BCUT2D eigenvalue weighted by atomic mass is 35.5. The average Bonchev–Trinajstić information content (AvgIpc) is 2.70. The number of hydrogen-bond donors (Lipinski definition) is 0. The monoisotopic (exact) mass is 233 g/mol. The van der Waals surface area contributed by atoms with Crippen molar-refractivity contribution in [2.75, 3.05) is 0 Å². The maximum Gasteiger partial charge on any atom is 0.151 e. The average molecular weight is 234 g/mol. The van der Waals surface area contributed by atoms with Crippen molar-refractivity contribution in [2.24, 2.45) is 0 Å². The van der Waals surface area contributed by atoms with E-state index in [0.717, 1.165) is 22.4 Å². The molecule has 2 nitrogen and oxygen atoms in total. The van der Waals surface area contributed by atoms with E-state index >= 15 is 0 Å². The SMILES string of the molecule is Cc1ccc(Cn2ccc(C=O)c2)c(Cl)c1. The zero-order valence-corrected chi connectivity index (χ0v) is 9.74. The number of aromatic nitrogens is 1. The van der Waals surface area contributed by atoms with Gasteiger partial charge in [0.05, 0.1) is 0 Å². The highest BCUT2D eigenvalue weighted by Crippen LogP contribution is 2.18. The van der Waals surface area contributed by atoms with Crippen LogP contribution in [0.3, 0.4) is 0 Å². The van der Waals surface area contributed by atoms with Crippen LogP contribution in [-0.4, -0.2) is 10.9 Å². The molecule has 0 aliphatic heterocycles. The molecule has 1 aromatic heterocycles. The van der Waals surface area contributed by atoms with Gasteiger partial charge in [0.1, 0.15) is 0 Å². The summed E-state index contributed by atoms with van der Waals surface area (Å²) in [4.78, 5) is 10.5. The third-order valence-electron chi connectivity index (χ3n) is 2.47. The molecule has 0 spiro atoms. The van der Waals surface area contributed by atoms with Crippen molar-refractivity contribution in [3.8, 4) is 0 Å². The molecule has 3 heteroatoms. The first-order valence-electron chi connectivity index (χ1n) is 5.05. The molecule has 16 heavy (non-hydrogen) atoms. The molecule has 0 aliphatic rings. The molecular weight excluding hydrogens is 222 g/mol. The standard InChI is InChI=1S/C13H12ClNO/c1-10-2-3-12(13(14)6-10)8-15-5-4-11(7-15)9-16/h2-7,9H,8H2,1H3. The van der Waals surface area contributed by atoms with Crippen molar-refractivity contribution in [1.29, 1.82) is 0 Å². The lowest BCUT2D eigenvalue weighted by Gasteiger charge is -2.06. The zero-order chi connectivity index (χ0) is 11.5. The molecule has 0 saturated carbocycles. The Bertz CT molecular complexity index is 516. The molecule has 0 atom stereocenters. The summed E-state index contributed by atoms with van der Waals surface area (Å²) in [6.45, 7) is 2.70. The topological polar surface area (TPSA) is 22.0 Å². The fourth-order valence-corrected chi connectivity index (χ4v) is 1.90. The van der Waals surface area contributed by atoms with Gasteiger partial charge in [0.15, 0.2) is 6.29 Å². The van der Waals surface area contributed by atoms with Gasteiger partial charge in [-0.1, -0.05) is 23.7 Å². The number of rotatable bonds is 3. The lowest BCUT2D eigenvalue weighted by atomic mass is 10.1. The molecule has 0 radical (unpaired) electrons. The van der Waals surface area contributed by atoms with Gasteiger partial charge in [-0.05, 0) is 30.2 Å². The van der Waals surface area contributed by atoms with Crippen LogP contribution < -0.4 is 0 Å². The van der Waals surface area contributed by atoms with Crippen molar-refractivity contribution in [1.82, 2.24) is 4.57 Å². The molecule has 0 bridgehead atoms. The van der Waals surface area contributed by atoms with Crippen LogP contribution in [-0.2, 0) is 6.54 Å². The quantitative estimate of drug-likeness (QED) is 0.746. The summed E-state index contributed by atoms with van der Waals surface area (Å²) < 4.78 is 1.94. The summed E-state index contributed by atoms with van der Waals surface area (Å²) in [6, 6.07) is 7.78. The molecule has 2 aromatic rings. The summed E-state index contributed by atoms with van der Waals surface area (Å²) in [5, 5.41) is 0.765. The lowest BCUT2D eigenvalue weighted by Crippen LogP contribution is -1.97. The molecule has 0 N–H and O–H groups in total. The van der Waals surface area contributed by atoms with E-state index in [1.165, 1.54) is 0 Å². The van der Waals surface area contributed by atoms with E-state index in [1.54, 1.807) is 6.07 Å². The maximum atomic E-state index is 10.5. The number of benzene rings is 1. The first kappa shape index (κ1) is 11.0. The number of hydrogen-bond acceptors (Lipinski definition) is 1. The van der Waals surface area contributed by atoms with Gasteiger partial charge in [0, 0.05) is 29.5 Å². The van der Waals surface area contributed by atoms with E-state index < -0.39 is 0 Å². The molecule has 0 amide bonds. The van der Waals surface area contributed by atoms with Crippen LogP contribution in [0, 0.1) is 6.92 Å². The van der Waals surface area contributed by atoms with Gasteiger partial charge < -0.3 is 4.57 Å². The number of carbonyl (C=O) groups excluding carboxylic acids is 1. The Balaban J connectivity index is 2.23. The second kappa shape index (κ2) is 4.54. The minimum atomic E-state index is 0.684. The van der Waals surface area contributed by atoms with Crippen LogP contribution in [0.1, 0.15) is 21.5 Å². The van der Waals surface area contributed by atoms with Crippen LogP contribution >= 0.6 is 11.6 Å². The van der Waals surface area contributed by atoms with Crippen LogP contribution in [0.4, 0.5) is 0 Å². The van der Waals surface area contributed by atoms with Gasteiger partial charge >= 0.3 is 0 Å². The molecule has 0 aliphatic carbocycles. The third kappa shape index (κ3) is 2.34. The number of halogens is 1. The van der Waals surface area contributed by atoms with E-state index in [9.17, 15) is 4.79 Å². The van der Waals surface area contributed by atoms with E-state index in [1.807, 2.05) is 42.1 Å². The van der Waals surface area contributed by atoms with E-state index in [4.69, 9.17) is 11.6 Å². The molecule has 1 aromatic carbocycles. The molecule has 2 rings (SSSR count). The minimum absolute atomic E-state index is 0.684. The first-order valence-corrected chi connectivity index (χ1v) is 5.43. The van der Waals surface area contributed by atoms with E-state index in [0.29, 0.717) is 12.1 Å². The summed E-state index contributed by atoms with van der Waals surface area (Å²) in [7, 11) is 0. The predicted octanol–water partition coefficient (Wildman–Crippen LogP) is 3.31. The summed E-state index contributed by atoms with van der Waals surface area (Å²) in [5.41, 5.74) is 2.89. The molecule has 82 valence electrons. The number of nitrogens with zero attached hydrogens (tertiary/aromatic N) is 1.